The first-order valence-electron chi connectivity index (χ1n) is 8.31. The zero-order valence-corrected chi connectivity index (χ0v) is 14.5. The smallest absolute Gasteiger partial charge is 0.409 e. The van der Waals surface area contributed by atoms with E-state index in [-0.39, 0.29) is 17.5 Å². The van der Waals surface area contributed by atoms with Gasteiger partial charge in [-0.1, -0.05) is 12.1 Å². The maximum Gasteiger partial charge on any atom is 0.409 e. The van der Waals surface area contributed by atoms with Gasteiger partial charge in [-0.15, -0.1) is 0 Å². The summed E-state index contributed by atoms with van der Waals surface area (Å²) in [5.41, 5.74) is 0.723. The van der Waals surface area contributed by atoms with E-state index in [1.165, 1.54) is 19.2 Å². The van der Waals surface area contributed by atoms with E-state index in [1.807, 2.05) is 6.92 Å². The summed E-state index contributed by atoms with van der Waals surface area (Å²) in [6.45, 7) is 3.61. The highest BCUT2D eigenvalue weighted by Gasteiger charge is 2.31. The molecule has 8 heteroatoms. The summed E-state index contributed by atoms with van der Waals surface area (Å²) in [5, 5.41) is 10.9. The van der Waals surface area contributed by atoms with Gasteiger partial charge in [0.2, 0.25) is 5.91 Å². The maximum absolute atomic E-state index is 12.8. The molecule has 0 bridgehead atoms. The van der Waals surface area contributed by atoms with Crippen LogP contribution in [0.3, 0.4) is 0 Å². The number of likely N-dealkylation sites (tertiary alicyclic amines) is 1. The van der Waals surface area contributed by atoms with Crippen LogP contribution in [0.4, 0.5) is 10.5 Å². The highest BCUT2D eigenvalue weighted by molar-refractivity contribution is 5.80. The molecule has 2 amide bonds. The fraction of sp³-hybridized carbons (Fsp3) is 0.529. The van der Waals surface area contributed by atoms with E-state index in [0.29, 0.717) is 31.7 Å². The van der Waals surface area contributed by atoms with Gasteiger partial charge in [0.1, 0.15) is 0 Å². The molecule has 0 unspecified atom stereocenters. The van der Waals surface area contributed by atoms with Crippen molar-refractivity contribution in [3.63, 3.8) is 0 Å². The molecule has 25 heavy (non-hydrogen) atoms. The van der Waals surface area contributed by atoms with Gasteiger partial charge in [-0.05, 0) is 25.3 Å². The van der Waals surface area contributed by atoms with Crippen LogP contribution in [0.15, 0.2) is 24.3 Å². The number of piperidine rings is 1. The van der Waals surface area contributed by atoms with Crippen molar-refractivity contribution in [2.75, 3.05) is 26.7 Å². The van der Waals surface area contributed by atoms with Crippen molar-refractivity contribution < 1.29 is 19.2 Å². The number of benzene rings is 1. The molecular weight excluding hydrogens is 326 g/mol. The van der Waals surface area contributed by atoms with Crippen molar-refractivity contribution in [3.05, 3.63) is 39.9 Å². The number of nitro groups is 1. The Morgan fingerprint density at radius 1 is 1.44 bits per heavy atom. The van der Waals surface area contributed by atoms with Crippen molar-refractivity contribution in [2.45, 2.75) is 26.3 Å². The standard InChI is InChI=1S/C17H23N3O5/c1-3-18(11-13-6-4-8-15(10-13)20(23)24)16(21)14-7-5-9-19(12-14)17(22)25-2/h4,6,8,10,14H,3,5,7,9,11-12H2,1-2H3/t14-/m0/s1. The van der Waals surface area contributed by atoms with Crippen molar-refractivity contribution in [2.24, 2.45) is 5.92 Å². The van der Waals surface area contributed by atoms with Gasteiger partial charge in [0, 0.05) is 38.3 Å². The zero-order chi connectivity index (χ0) is 18.4. The Morgan fingerprint density at radius 2 is 2.20 bits per heavy atom. The number of non-ortho nitro benzene ring substituents is 1. The molecule has 1 aromatic carbocycles. The average molecular weight is 349 g/mol. The van der Waals surface area contributed by atoms with E-state index in [4.69, 9.17) is 4.74 Å². The second kappa shape index (κ2) is 8.46. The summed E-state index contributed by atoms with van der Waals surface area (Å²) >= 11 is 0. The first-order chi connectivity index (χ1) is 12.0. The van der Waals surface area contributed by atoms with Gasteiger partial charge < -0.3 is 14.5 Å². The Hall–Kier alpha value is -2.64. The quantitative estimate of drug-likeness (QED) is 0.601. The van der Waals surface area contributed by atoms with Gasteiger partial charge in [0.05, 0.1) is 18.0 Å². The van der Waals surface area contributed by atoms with Crippen LogP contribution < -0.4 is 0 Å². The average Bonchev–Trinajstić information content (AvgIpc) is 2.65. The molecule has 1 saturated heterocycles. The molecular formula is C17H23N3O5. The number of nitro benzene ring substituents is 1. The summed E-state index contributed by atoms with van der Waals surface area (Å²) in [6.07, 6.45) is 1.05. The highest BCUT2D eigenvalue weighted by atomic mass is 16.6. The van der Waals surface area contributed by atoms with Gasteiger partial charge >= 0.3 is 6.09 Å². The summed E-state index contributed by atoms with van der Waals surface area (Å²) in [5.74, 6) is -0.311. The Morgan fingerprint density at radius 3 is 2.84 bits per heavy atom. The lowest BCUT2D eigenvalue weighted by Gasteiger charge is -2.34. The molecule has 1 fully saturated rings. The summed E-state index contributed by atoms with van der Waals surface area (Å²) in [7, 11) is 1.33. The molecule has 1 heterocycles. The van der Waals surface area contributed by atoms with Crippen molar-refractivity contribution >= 4 is 17.7 Å². The van der Waals surface area contributed by atoms with Crippen LogP contribution in [0, 0.1) is 16.0 Å². The third kappa shape index (κ3) is 4.68. The minimum atomic E-state index is -0.447. The van der Waals surface area contributed by atoms with E-state index in [9.17, 15) is 19.7 Å². The number of amides is 2. The third-order valence-corrected chi connectivity index (χ3v) is 4.39. The zero-order valence-electron chi connectivity index (χ0n) is 14.5. The molecule has 136 valence electrons. The largest absolute Gasteiger partial charge is 0.453 e. The predicted octanol–water partition coefficient (Wildman–Crippen LogP) is 2.42. The molecule has 0 saturated carbocycles. The fourth-order valence-electron chi connectivity index (χ4n) is 3.07. The van der Waals surface area contributed by atoms with Gasteiger partial charge in [0.15, 0.2) is 0 Å². The third-order valence-electron chi connectivity index (χ3n) is 4.39. The highest BCUT2D eigenvalue weighted by Crippen LogP contribution is 2.21. The van der Waals surface area contributed by atoms with E-state index in [0.717, 1.165) is 12.8 Å². The monoisotopic (exact) mass is 349 g/mol. The van der Waals surface area contributed by atoms with Gasteiger partial charge in [-0.2, -0.15) is 0 Å². The van der Waals surface area contributed by atoms with Crippen molar-refractivity contribution in [1.82, 2.24) is 9.80 Å². The number of nitrogens with zero attached hydrogens (tertiary/aromatic N) is 3. The van der Waals surface area contributed by atoms with E-state index < -0.39 is 11.0 Å². The van der Waals surface area contributed by atoms with Crippen molar-refractivity contribution in [3.8, 4) is 0 Å². The molecule has 0 N–H and O–H groups in total. The summed E-state index contributed by atoms with van der Waals surface area (Å²) < 4.78 is 4.73. The lowest BCUT2D eigenvalue weighted by atomic mass is 9.96. The number of rotatable bonds is 5. The normalized spacial score (nSPS) is 17.0. The lowest BCUT2D eigenvalue weighted by Crippen LogP contribution is -2.46. The Balaban J connectivity index is 2.06. The number of hydrogen-bond acceptors (Lipinski definition) is 5. The Labute approximate surface area is 146 Å². The van der Waals surface area contributed by atoms with Crippen molar-refractivity contribution in [1.29, 1.82) is 0 Å². The van der Waals surface area contributed by atoms with Crippen LogP contribution in [-0.2, 0) is 16.1 Å². The Kier molecular flexibility index (Phi) is 6.32. The fourth-order valence-corrected chi connectivity index (χ4v) is 3.07. The van der Waals surface area contributed by atoms with E-state index in [2.05, 4.69) is 0 Å². The van der Waals surface area contributed by atoms with Crippen LogP contribution in [0.25, 0.3) is 0 Å². The van der Waals surface area contributed by atoms with Gasteiger partial charge in [-0.3, -0.25) is 14.9 Å². The van der Waals surface area contributed by atoms with Crippen LogP contribution >= 0.6 is 0 Å². The van der Waals surface area contributed by atoms with Gasteiger partial charge in [0.25, 0.3) is 5.69 Å². The molecule has 1 aromatic rings. The van der Waals surface area contributed by atoms with Crippen LogP contribution in [0.2, 0.25) is 0 Å². The number of methoxy groups -OCH3 is 1. The van der Waals surface area contributed by atoms with E-state index >= 15 is 0 Å². The predicted molar refractivity (Wildman–Crippen MR) is 90.9 cm³/mol. The first-order valence-corrected chi connectivity index (χ1v) is 8.31. The molecule has 0 aromatic heterocycles. The van der Waals surface area contributed by atoms with Crippen LogP contribution in [0.5, 0.6) is 0 Å². The summed E-state index contributed by atoms with van der Waals surface area (Å²) in [4.78, 5) is 38.2. The SMILES string of the molecule is CCN(Cc1cccc([N+](=O)[O-])c1)C(=O)[C@H]1CCCN(C(=O)OC)C1. The van der Waals surface area contributed by atoms with Gasteiger partial charge in [-0.25, -0.2) is 4.79 Å². The molecule has 0 aliphatic carbocycles. The summed E-state index contributed by atoms with van der Waals surface area (Å²) in [6, 6.07) is 6.30. The van der Waals surface area contributed by atoms with Crippen LogP contribution in [-0.4, -0.2) is 53.5 Å². The Bertz CT molecular complexity index is 649. The molecule has 2 rings (SSSR count). The number of hydrogen-bond donors (Lipinski definition) is 0. The van der Waals surface area contributed by atoms with E-state index in [1.54, 1.807) is 21.9 Å². The second-order valence-electron chi connectivity index (χ2n) is 6.03. The molecule has 1 atom stereocenters. The maximum atomic E-state index is 12.8. The minimum Gasteiger partial charge on any atom is -0.453 e. The topological polar surface area (TPSA) is 93.0 Å². The molecule has 8 nitrogen and oxygen atoms in total. The number of carbonyl (C=O) groups is 2. The lowest BCUT2D eigenvalue weighted by molar-refractivity contribution is -0.384. The molecule has 1 aliphatic rings. The first kappa shape index (κ1) is 18.7. The number of carbonyl (C=O) groups excluding carboxylic acids is 2. The number of ether oxygens (including phenoxy) is 1. The van der Waals surface area contributed by atoms with Crippen LogP contribution in [0.1, 0.15) is 25.3 Å². The molecule has 0 spiro atoms. The molecule has 0 radical (unpaired) electrons. The minimum absolute atomic E-state index is 0.00975. The second-order valence-corrected chi connectivity index (χ2v) is 6.03. The molecule has 1 aliphatic heterocycles.